The van der Waals surface area contributed by atoms with E-state index in [-0.39, 0.29) is 5.92 Å². The average molecular weight is 337 g/mol. The van der Waals surface area contributed by atoms with Crippen LogP contribution in [0.1, 0.15) is 30.3 Å². The molecule has 1 N–H and O–H groups in total. The molecule has 1 saturated heterocycles. The number of anilines is 1. The van der Waals surface area contributed by atoms with Gasteiger partial charge in [0.05, 0.1) is 5.52 Å². The Balaban J connectivity index is 1.64. The number of aliphatic hydroxyl groups excluding tert-OH is 1. The van der Waals surface area contributed by atoms with Gasteiger partial charge in [-0.05, 0) is 31.9 Å². The van der Waals surface area contributed by atoms with Crippen molar-refractivity contribution in [3.8, 4) is 0 Å². The molecule has 1 aromatic carbocycles. The molecule has 3 aromatic rings. The quantitative estimate of drug-likeness (QED) is 0.796. The number of benzene rings is 1. The van der Waals surface area contributed by atoms with Crippen LogP contribution in [0.3, 0.4) is 0 Å². The fourth-order valence-electron chi connectivity index (χ4n) is 3.74. The first-order valence-corrected chi connectivity index (χ1v) is 8.75. The first-order valence-electron chi connectivity index (χ1n) is 8.75. The van der Waals surface area contributed by atoms with E-state index in [9.17, 15) is 5.11 Å². The summed E-state index contributed by atoms with van der Waals surface area (Å²) in [6.07, 6.45) is 6.71. The van der Waals surface area contributed by atoms with E-state index in [0.717, 1.165) is 48.5 Å². The van der Waals surface area contributed by atoms with Crippen molar-refractivity contribution in [3.05, 3.63) is 48.3 Å². The van der Waals surface area contributed by atoms with Gasteiger partial charge in [0, 0.05) is 43.8 Å². The minimum Gasteiger partial charge on any atom is -0.385 e. The van der Waals surface area contributed by atoms with Crippen LogP contribution in [0.25, 0.3) is 10.9 Å². The van der Waals surface area contributed by atoms with E-state index >= 15 is 0 Å². The van der Waals surface area contributed by atoms with Gasteiger partial charge in [0.1, 0.15) is 24.1 Å². The molecule has 0 amide bonds. The Kier molecular flexibility index (Phi) is 4.13. The van der Waals surface area contributed by atoms with Gasteiger partial charge in [0.2, 0.25) is 0 Å². The number of piperidine rings is 1. The number of fused-ring (bicyclic) bond motifs is 1. The van der Waals surface area contributed by atoms with Gasteiger partial charge in [-0.15, -0.1) is 0 Å². The average Bonchev–Trinajstić information content (AvgIpc) is 3.06. The number of aliphatic hydroxyl groups is 1. The van der Waals surface area contributed by atoms with Gasteiger partial charge in [-0.2, -0.15) is 0 Å². The third-order valence-electron chi connectivity index (χ3n) is 5.10. The Morgan fingerprint density at radius 2 is 2.12 bits per heavy atom. The summed E-state index contributed by atoms with van der Waals surface area (Å²) in [5, 5.41) is 11.9. The topological polar surface area (TPSA) is 67.1 Å². The van der Waals surface area contributed by atoms with Crippen molar-refractivity contribution >= 4 is 16.7 Å². The molecule has 25 heavy (non-hydrogen) atoms. The number of hydrogen-bond acceptors (Lipinski definition) is 5. The summed E-state index contributed by atoms with van der Waals surface area (Å²) in [6.45, 7) is 3.80. The predicted molar refractivity (Wildman–Crippen MR) is 97.4 cm³/mol. The zero-order valence-electron chi connectivity index (χ0n) is 14.6. The smallest absolute Gasteiger partial charge is 0.139 e. The number of aryl methyl sites for hydroxylation is 2. The standard InChI is InChI=1S/C19H23N5O/c1-13-5-6-16-15(10-13)18(22-12-21-16)24-8-3-4-14(11-24)17(25)19-20-7-9-23(19)2/h5-7,9-10,12,14,17,25H,3-4,8,11H2,1-2H3. The second-order valence-corrected chi connectivity index (χ2v) is 6.91. The van der Waals surface area contributed by atoms with Gasteiger partial charge in [0.25, 0.3) is 0 Å². The Bertz CT molecular complexity index is 890. The van der Waals surface area contributed by atoms with E-state index < -0.39 is 6.10 Å². The van der Waals surface area contributed by atoms with Crippen LogP contribution >= 0.6 is 0 Å². The lowest BCUT2D eigenvalue weighted by Crippen LogP contribution is -2.39. The van der Waals surface area contributed by atoms with Crippen molar-refractivity contribution in [3.63, 3.8) is 0 Å². The van der Waals surface area contributed by atoms with E-state index in [1.54, 1.807) is 12.5 Å². The lowest BCUT2D eigenvalue weighted by molar-refractivity contribution is 0.0874. The Morgan fingerprint density at radius 1 is 1.24 bits per heavy atom. The molecule has 130 valence electrons. The molecule has 6 nitrogen and oxygen atoms in total. The fraction of sp³-hybridized carbons (Fsp3) is 0.421. The highest BCUT2D eigenvalue weighted by atomic mass is 16.3. The second kappa shape index (κ2) is 6.44. The fourth-order valence-corrected chi connectivity index (χ4v) is 3.74. The molecule has 0 spiro atoms. The first kappa shape index (κ1) is 16.0. The zero-order valence-corrected chi connectivity index (χ0v) is 14.6. The van der Waals surface area contributed by atoms with Gasteiger partial charge in [0.15, 0.2) is 0 Å². The van der Waals surface area contributed by atoms with Crippen molar-refractivity contribution in [1.29, 1.82) is 0 Å². The second-order valence-electron chi connectivity index (χ2n) is 6.91. The van der Waals surface area contributed by atoms with Crippen LogP contribution in [-0.2, 0) is 7.05 Å². The summed E-state index contributed by atoms with van der Waals surface area (Å²) in [5.41, 5.74) is 2.16. The lowest BCUT2D eigenvalue weighted by Gasteiger charge is -2.36. The van der Waals surface area contributed by atoms with E-state index in [0.29, 0.717) is 0 Å². The first-order chi connectivity index (χ1) is 12.1. The minimum atomic E-state index is -0.558. The summed E-state index contributed by atoms with van der Waals surface area (Å²) in [5.74, 6) is 1.84. The molecular weight excluding hydrogens is 314 g/mol. The molecule has 6 heteroatoms. The van der Waals surface area contributed by atoms with Crippen LogP contribution in [0.15, 0.2) is 36.9 Å². The van der Waals surface area contributed by atoms with Crippen molar-refractivity contribution < 1.29 is 5.11 Å². The summed E-state index contributed by atoms with van der Waals surface area (Å²) < 4.78 is 1.90. The largest absolute Gasteiger partial charge is 0.385 e. The van der Waals surface area contributed by atoms with Crippen LogP contribution in [0, 0.1) is 12.8 Å². The van der Waals surface area contributed by atoms with Gasteiger partial charge >= 0.3 is 0 Å². The van der Waals surface area contributed by atoms with Crippen molar-refractivity contribution in [2.75, 3.05) is 18.0 Å². The highest BCUT2D eigenvalue weighted by molar-refractivity contribution is 5.89. The molecule has 4 rings (SSSR count). The van der Waals surface area contributed by atoms with Gasteiger partial charge in [-0.1, -0.05) is 11.6 Å². The molecule has 2 unspecified atom stereocenters. The lowest BCUT2D eigenvalue weighted by atomic mass is 9.91. The number of hydrogen-bond donors (Lipinski definition) is 1. The maximum absolute atomic E-state index is 10.8. The molecule has 0 radical (unpaired) electrons. The maximum atomic E-state index is 10.8. The van der Waals surface area contributed by atoms with Crippen molar-refractivity contribution in [2.24, 2.45) is 13.0 Å². The Morgan fingerprint density at radius 3 is 2.92 bits per heavy atom. The molecule has 0 aliphatic carbocycles. The highest BCUT2D eigenvalue weighted by Crippen LogP contribution is 2.33. The SMILES string of the molecule is Cc1ccc2ncnc(N3CCCC(C(O)c4nccn4C)C3)c2c1. The zero-order chi connectivity index (χ0) is 17.4. The monoisotopic (exact) mass is 337 g/mol. The van der Waals surface area contributed by atoms with Gasteiger partial charge < -0.3 is 14.6 Å². The van der Waals surface area contributed by atoms with Crippen molar-refractivity contribution in [2.45, 2.75) is 25.9 Å². The number of imidazole rings is 1. The van der Waals surface area contributed by atoms with Crippen LogP contribution in [0.5, 0.6) is 0 Å². The van der Waals surface area contributed by atoms with E-state index in [2.05, 4.69) is 38.9 Å². The third-order valence-corrected chi connectivity index (χ3v) is 5.10. The Labute approximate surface area is 147 Å². The van der Waals surface area contributed by atoms with Crippen LogP contribution in [-0.4, -0.2) is 37.7 Å². The van der Waals surface area contributed by atoms with Gasteiger partial charge in [-0.3, -0.25) is 0 Å². The summed E-state index contributed by atoms with van der Waals surface area (Å²) in [7, 11) is 1.92. The molecule has 1 aliphatic heterocycles. The molecule has 2 atom stereocenters. The number of aromatic nitrogens is 4. The molecular formula is C19H23N5O. The number of rotatable bonds is 3. The third kappa shape index (κ3) is 2.98. The molecule has 1 aliphatic rings. The van der Waals surface area contributed by atoms with Crippen molar-refractivity contribution in [1.82, 2.24) is 19.5 Å². The predicted octanol–water partition coefficient (Wildman–Crippen LogP) is 2.62. The van der Waals surface area contributed by atoms with Crippen LogP contribution in [0.2, 0.25) is 0 Å². The summed E-state index contributed by atoms with van der Waals surface area (Å²) in [6, 6.07) is 6.26. The van der Waals surface area contributed by atoms with Crippen LogP contribution < -0.4 is 4.90 Å². The number of nitrogens with zero attached hydrogens (tertiary/aromatic N) is 5. The molecule has 0 bridgehead atoms. The molecule has 0 saturated carbocycles. The maximum Gasteiger partial charge on any atom is 0.139 e. The van der Waals surface area contributed by atoms with E-state index in [1.165, 1.54) is 5.56 Å². The normalized spacial score (nSPS) is 19.3. The minimum absolute atomic E-state index is 0.143. The Hall–Kier alpha value is -2.47. The van der Waals surface area contributed by atoms with E-state index in [4.69, 9.17) is 0 Å². The molecule has 1 fully saturated rings. The summed E-state index contributed by atoms with van der Waals surface area (Å²) in [4.78, 5) is 15.5. The van der Waals surface area contributed by atoms with Crippen LogP contribution in [0.4, 0.5) is 5.82 Å². The molecule has 2 aromatic heterocycles. The summed E-state index contributed by atoms with van der Waals surface area (Å²) >= 11 is 0. The van der Waals surface area contributed by atoms with E-state index in [1.807, 2.05) is 23.9 Å². The van der Waals surface area contributed by atoms with Gasteiger partial charge in [-0.25, -0.2) is 15.0 Å². The molecule has 3 heterocycles. The highest BCUT2D eigenvalue weighted by Gasteiger charge is 2.30.